The summed E-state index contributed by atoms with van der Waals surface area (Å²) in [6, 6.07) is 0. The lowest BCUT2D eigenvalue weighted by Gasteiger charge is -2.36. The van der Waals surface area contributed by atoms with Gasteiger partial charge in [0.2, 0.25) is 6.29 Å². The molecule has 0 N–H and O–H groups in total. The van der Waals surface area contributed by atoms with Gasteiger partial charge in [-0.15, -0.1) is 0 Å². The van der Waals surface area contributed by atoms with Gasteiger partial charge in [-0.3, -0.25) is 0 Å². The van der Waals surface area contributed by atoms with Crippen LogP contribution in [-0.4, -0.2) is 43.5 Å². The highest BCUT2D eigenvalue weighted by Gasteiger charge is 2.48. The van der Waals surface area contributed by atoms with Gasteiger partial charge in [-0.25, -0.2) is 9.59 Å². The first kappa shape index (κ1) is 16.1. The van der Waals surface area contributed by atoms with Crippen LogP contribution in [0.3, 0.4) is 0 Å². The zero-order valence-electron chi connectivity index (χ0n) is 13.8. The Morgan fingerprint density at radius 1 is 1.22 bits per heavy atom. The van der Waals surface area contributed by atoms with Gasteiger partial charge in [0.25, 0.3) is 0 Å². The fourth-order valence-electron chi connectivity index (χ4n) is 4.04. The van der Waals surface area contributed by atoms with E-state index < -0.39 is 6.29 Å². The topological polar surface area (TPSA) is 65.1 Å². The van der Waals surface area contributed by atoms with Crippen LogP contribution in [0.2, 0.25) is 0 Å². The van der Waals surface area contributed by atoms with Crippen LogP contribution in [0, 0.1) is 17.8 Å². The Labute approximate surface area is 136 Å². The van der Waals surface area contributed by atoms with E-state index in [1.54, 1.807) is 4.90 Å². The summed E-state index contributed by atoms with van der Waals surface area (Å²) in [5.74, 6) is 0.0515. The van der Waals surface area contributed by atoms with E-state index >= 15 is 0 Å². The fourth-order valence-corrected chi connectivity index (χ4v) is 4.04. The van der Waals surface area contributed by atoms with Crippen molar-refractivity contribution in [3.63, 3.8) is 0 Å². The number of methoxy groups -OCH3 is 1. The molecule has 2 aliphatic heterocycles. The van der Waals surface area contributed by atoms with Crippen LogP contribution in [0.15, 0.2) is 11.8 Å². The molecule has 128 valence electrons. The minimum Gasteiger partial charge on any atom is -0.466 e. The van der Waals surface area contributed by atoms with E-state index in [0.717, 1.165) is 45.2 Å². The Morgan fingerprint density at radius 2 is 1.96 bits per heavy atom. The number of fused-ring (bicyclic) bond motifs is 1. The molecule has 0 spiro atoms. The normalized spacial score (nSPS) is 33.3. The molecule has 1 saturated carbocycles. The summed E-state index contributed by atoms with van der Waals surface area (Å²) in [7, 11) is 1.37. The van der Waals surface area contributed by atoms with Gasteiger partial charge in [-0.05, 0) is 38.0 Å². The lowest BCUT2D eigenvalue weighted by Crippen LogP contribution is -2.43. The summed E-state index contributed by atoms with van der Waals surface area (Å²) in [6.07, 6.45) is 5.61. The lowest BCUT2D eigenvalue weighted by atomic mass is 9.83. The fraction of sp³-hybridized carbons (Fsp3) is 0.765. The van der Waals surface area contributed by atoms with Crippen LogP contribution >= 0.6 is 0 Å². The summed E-state index contributed by atoms with van der Waals surface area (Å²) in [6.45, 7) is 3.62. The van der Waals surface area contributed by atoms with Crippen molar-refractivity contribution in [3.05, 3.63) is 11.8 Å². The Hall–Kier alpha value is -1.72. The first-order valence-corrected chi connectivity index (χ1v) is 8.51. The van der Waals surface area contributed by atoms with Crippen molar-refractivity contribution in [2.24, 2.45) is 17.8 Å². The largest absolute Gasteiger partial charge is 0.466 e. The average molecular weight is 323 g/mol. The Morgan fingerprint density at radius 3 is 2.65 bits per heavy atom. The highest BCUT2D eigenvalue weighted by molar-refractivity contribution is 5.89. The van der Waals surface area contributed by atoms with E-state index in [0.29, 0.717) is 11.5 Å². The third-order valence-electron chi connectivity index (χ3n) is 5.35. The first-order chi connectivity index (χ1) is 11.1. The lowest BCUT2D eigenvalue weighted by molar-refractivity contribution is -0.147. The van der Waals surface area contributed by atoms with Gasteiger partial charge >= 0.3 is 12.1 Å². The quantitative estimate of drug-likeness (QED) is 0.731. The molecule has 6 heteroatoms. The molecular formula is C17H25NO5. The number of piperidine rings is 1. The average Bonchev–Trinajstić information content (AvgIpc) is 2.97. The number of carbonyl (C=O) groups is 2. The van der Waals surface area contributed by atoms with E-state index in [1.807, 2.05) is 0 Å². The van der Waals surface area contributed by atoms with Gasteiger partial charge in [0.15, 0.2) is 0 Å². The van der Waals surface area contributed by atoms with Crippen LogP contribution in [0.1, 0.15) is 39.0 Å². The van der Waals surface area contributed by atoms with Gasteiger partial charge in [-0.1, -0.05) is 6.92 Å². The predicted molar refractivity (Wildman–Crippen MR) is 82.3 cm³/mol. The van der Waals surface area contributed by atoms with Crippen molar-refractivity contribution in [3.8, 4) is 0 Å². The molecule has 0 bridgehead atoms. The van der Waals surface area contributed by atoms with Crippen LogP contribution in [-0.2, 0) is 19.0 Å². The number of rotatable bonds is 2. The zero-order valence-corrected chi connectivity index (χ0v) is 13.8. The summed E-state index contributed by atoms with van der Waals surface area (Å²) in [5, 5.41) is 0. The van der Waals surface area contributed by atoms with Crippen molar-refractivity contribution in [2.45, 2.75) is 45.3 Å². The summed E-state index contributed by atoms with van der Waals surface area (Å²) < 4.78 is 16.1. The van der Waals surface area contributed by atoms with Crippen LogP contribution in [0.25, 0.3) is 0 Å². The molecule has 1 aliphatic carbocycles. The monoisotopic (exact) mass is 323 g/mol. The van der Waals surface area contributed by atoms with Gasteiger partial charge in [0.1, 0.15) is 0 Å². The van der Waals surface area contributed by atoms with E-state index in [1.165, 1.54) is 13.4 Å². The SMILES string of the molecule is COC(=O)C1=COC(OC(=O)N2CCCCC2)C2C(C)CCC12. The van der Waals surface area contributed by atoms with Crippen molar-refractivity contribution >= 4 is 12.1 Å². The number of ether oxygens (including phenoxy) is 3. The van der Waals surface area contributed by atoms with Gasteiger partial charge in [0.05, 0.1) is 18.9 Å². The molecule has 3 aliphatic rings. The molecule has 4 unspecified atom stereocenters. The number of hydrogen-bond donors (Lipinski definition) is 0. The molecule has 6 nitrogen and oxygen atoms in total. The molecule has 0 radical (unpaired) electrons. The minimum absolute atomic E-state index is 0.0165. The number of nitrogens with zero attached hydrogens (tertiary/aromatic N) is 1. The van der Waals surface area contributed by atoms with Crippen molar-refractivity contribution in [2.75, 3.05) is 20.2 Å². The molecule has 1 amide bonds. The molecule has 3 rings (SSSR count). The molecular weight excluding hydrogens is 298 g/mol. The minimum atomic E-state index is -0.611. The molecule has 0 aromatic heterocycles. The van der Waals surface area contributed by atoms with Gasteiger partial charge in [0, 0.05) is 24.9 Å². The number of carbonyl (C=O) groups excluding carboxylic acids is 2. The standard InChI is InChI=1S/C17H25NO5/c1-11-6-7-12-13(15(19)21-2)10-22-16(14(11)12)23-17(20)18-8-4-3-5-9-18/h10-12,14,16H,3-9H2,1-2H3. The Balaban J connectivity index is 1.71. The third-order valence-corrected chi connectivity index (χ3v) is 5.35. The Bertz CT molecular complexity index is 497. The predicted octanol–water partition coefficient (Wildman–Crippen LogP) is 2.68. The van der Waals surface area contributed by atoms with E-state index in [-0.39, 0.29) is 23.9 Å². The molecule has 0 aromatic rings. The van der Waals surface area contributed by atoms with Crippen LogP contribution in [0.5, 0.6) is 0 Å². The van der Waals surface area contributed by atoms with E-state index in [4.69, 9.17) is 14.2 Å². The molecule has 2 fully saturated rings. The highest BCUT2D eigenvalue weighted by Crippen LogP contribution is 2.46. The number of hydrogen-bond acceptors (Lipinski definition) is 5. The maximum absolute atomic E-state index is 12.3. The van der Waals surface area contributed by atoms with Gasteiger partial charge in [-0.2, -0.15) is 0 Å². The number of esters is 1. The Kier molecular flexibility index (Phi) is 4.78. The number of likely N-dealkylation sites (tertiary alicyclic amines) is 1. The van der Waals surface area contributed by atoms with E-state index in [9.17, 15) is 9.59 Å². The second-order valence-electron chi connectivity index (χ2n) is 6.74. The van der Waals surface area contributed by atoms with Gasteiger partial charge < -0.3 is 19.1 Å². The smallest absolute Gasteiger partial charge is 0.412 e. The first-order valence-electron chi connectivity index (χ1n) is 8.51. The molecule has 2 heterocycles. The summed E-state index contributed by atoms with van der Waals surface area (Å²) in [5.41, 5.74) is 0.562. The summed E-state index contributed by atoms with van der Waals surface area (Å²) >= 11 is 0. The molecule has 1 saturated heterocycles. The summed E-state index contributed by atoms with van der Waals surface area (Å²) in [4.78, 5) is 26.0. The highest BCUT2D eigenvalue weighted by atomic mass is 16.7. The third kappa shape index (κ3) is 3.16. The van der Waals surface area contributed by atoms with Crippen molar-refractivity contribution in [1.29, 1.82) is 0 Å². The second kappa shape index (κ2) is 6.81. The number of amides is 1. The van der Waals surface area contributed by atoms with E-state index in [2.05, 4.69) is 6.92 Å². The van der Waals surface area contributed by atoms with Crippen molar-refractivity contribution < 1.29 is 23.8 Å². The maximum Gasteiger partial charge on any atom is 0.412 e. The van der Waals surface area contributed by atoms with Crippen molar-refractivity contribution in [1.82, 2.24) is 4.90 Å². The van der Waals surface area contributed by atoms with Crippen LogP contribution in [0.4, 0.5) is 4.79 Å². The molecule has 23 heavy (non-hydrogen) atoms. The zero-order chi connectivity index (χ0) is 16.4. The van der Waals surface area contributed by atoms with Crippen LogP contribution < -0.4 is 0 Å². The molecule has 0 aromatic carbocycles. The maximum atomic E-state index is 12.3. The second-order valence-corrected chi connectivity index (χ2v) is 6.74. The molecule has 4 atom stereocenters.